The fraction of sp³-hybridized carbons (Fsp3) is 0.350. The third-order valence-electron chi connectivity index (χ3n) is 4.69. The van der Waals surface area contributed by atoms with Crippen LogP contribution in [0.15, 0.2) is 42.7 Å². The normalized spacial score (nSPS) is 16.8. The number of hydrogen-bond acceptors (Lipinski definition) is 4. The van der Waals surface area contributed by atoms with Gasteiger partial charge in [0.05, 0.1) is 11.5 Å². The number of carbonyl (C=O) groups excluding carboxylic acids is 2. The van der Waals surface area contributed by atoms with Gasteiger partial charge in [-0.15, -0.1) is 0 Å². The topological polar surface area (TPSA) is 88.3 Å². The average Bonchev–Trinajstić information content (AvgIpc) is 2.72. The first-order chi connectivity index (χ1) is 13.1. The number of nitrogens with one attached hydrogen (secondary N) is 1. The molecule has 1 fully saturated rings. The first kappa shape index (κ1) is 19.3. The number of halogens is 1. The molecule has 0 radical (unpaired) electrons. The second kappa shape index (κ2) is 8.97. The largest absolute Gasteiger partial charge is 0.355 e. The summed E-state index contributed by atoms with van der Waals surface area (Å²) in [6, 6.07) is 9.23. The number of amides is 2. The van der Waals surface area contributed by atoms with E-state index in [1.54, 1.807) is 29.4 Å². The van der Waals surface area contributed by atoms with E-state index in [1.165, 1.54) is 0 Å². The molecule has 1 aromatic carbocycles. The average molecular weight is 387 g/mol. The zero-order chi connectivity index (χ0) is 19.2. The zero-order valence-electron chi connectivity index (χ0n) is 15.0. The summed E-state index contributed by atoms with van der Waals surface area (Å²) in [4.78, 5) is 31.1. The molecule has 1 saturated heterocycles. The van der Waals surface area contributed by atoms with E-state index >= 15 is 0 Å². The zero-order valence-corrected chi connectivity index (χ0v) is 15.8. The summed E-state index contributed by atoms with van der Waals surface area (Å²) in [5, 5.41) is 3.47. The minimum atomic E-state index is -0.193. The highest BCUT2D eigenvalue weighted by atomic mass is 35.5. The van der Waals surface area contributed by atoms with Gasteiger partial charge in [-0.05, 0) is 36.6 Å². The minimum Gasteiger partial charge on any atom is -0.355 e. The summed E-state index contributed by atoms with van der Waals surface area (Å²) in [6.07, 6.45) is 4.87. The van der Waals surface area contributed by atoms with Crippen molar-refractivity contribution in [3.05, 3.63) is 53.3 Å². The van der Waals surface area contributed by atoms with Gasteiger partial charge in [-0.1, -0.05) is 23.7 Å². The van der Waals surface area contributed by atoms with Gasteiger partial charge in [0.25, 0.3) is 5.91 Å². The molecule has 1 aliphatic heterocycles. The molecular weight excluding hydrogens is 364 g/mol. The fourth-order valence-electron chi connectivity index (χ4n) is 3.25. The van der Waals surface area contributed by atoms with Gasteiger partial charge in [-0.2, -0.15) is 0 Å². The third-order valence-corrected chi connectivity index (χ3v) is 4.94. The number of carbonyl (C=O) groups is 2. The second-order valence-electron chi connectivity index (χ2n) is 6.64. The van der Waals surface area contributed by atoms with Crippen molar-refractivity contribution in [2.45, 2.75) is 12.8 Å². The van der Waals surface area contributed by atoms with Crippen LogP contribution in [0.25, 0.3) is 11.1 Å². The van der Waals surface area contributed by atoms with Crippen LogP contribution in [0.2, 0.25) is 5.02 Å². The maximum absolute atomic E-state index is 12.9. The van der Waals surface area contributed by atoms with E-state index in [-0.39, 0.29) is 17.7 Å². The molecule has 1 atom stereocenters. The van der Waals surface area contributed by atoms with Gasteiger partial charge < -0.3 is 16.0 Å². The highest BCUT2D eigenvalue weighted by Crippen LogP contribution is 2.23. The van der Waals surface area contributed by atoms with Crippen LogP contribution in [-0.2, 0) is 4.79 Å². The molecule has 1 aromatic heterocycles. The van der Waals surface area contributed by atoms with Crippen LogP contribution in [0.5, 0.6) is 0 Å². The lowest BCUT2D eigenvalue weighted by Gasteiger charge is -2.32. The van der Waals surface area contributed by atoms with Crippen molar-refractivity contribution in [1.82, 2.24) is 15.2 Å². The van der Waals surface area contributed by atoms with Crippen molar-refractivity contribution in [1.29, 1.82) is 0 Å². The van der Waals surface area contributed by atoms with Crippen molar-refractivity contribution in [2.75, 3.05) is 26.2 Å². The molecule has 0 bridgehead atoms. The maximum Gasteiger partial charge on any atom is 0.255 e. The molecule has 2 heterocycles. The molecule has 6 nitrogen and oxygen atoms in total. The quantitative estimate of drug-likeness (QED) is 0.825. The van der Waals surface area contributed by atoms with E-state index < -0.39 is 0 Å². The predicted molar refractivity (Wildman–Crippen MR) is 105 cm³/mol. The molecule has 2 aromatic rings. The fourth-order valence-corrected chi connectivity index (χ4v) is 3.38. The summed E-state index contributed by atoms with van der Waals surface area (Å²) in [5.74, 6) is -0.331. The van der Waals surface area contributed by atoms with E-state index in [0.29, 0.717) is 36.8 Å². The molecule has 0 saturated carbocycles. The first-order valence-electron chi connectivity index (χ1n) is 9.06. The maximum atomic E-state index is 12.9. The number of hydrogen-bond donors (Lipinski definition) is 2. The van der Waals surface area contributed by atoms with Crippen molar-refractivity contribution in [2.24, 2.45) is 11.7 Å². The molecule has 0 spiro atoms. The molecule has 7 heteroatoms. The molecule has 0 aliphatic carbocycles. The number of likely N-dealkylation sites (tertiary alicyclic amines) is 1. The lowest BCUT2D eigenvalue weighted by molar-refractivity contribution is -0.126. The van der Waals surface area contributed by atoms with Crippen LogP contribution in [0, 0.1) is 5.92 Å². The molecule has 27 heavy (non-hydrogen) atoms. The van der Waals surface area contributed by atoms with Gasteiger partial charge in [-0.3, -0.25) is 14.6 Å². The minimum absolute atomic E-state index is 0.0361. The van der Waals surface area contributed by atoms with Crippen LogP contribution >= 0.6 is 11.6 Å². The Labute approximate surface area is 163 Å². The molecule has 3 rings (SSSR count). The van der Waals surface area contributed by atoms with Crippen LogP contribution in [0.3, 0.4) is 0 Å². The standard InChI is InChI=1S/C20H23ClN4O2/c21-18-5-3-14(4-6-18)16-10-17(12-23-11-16)20(27)25-9-1-2-15(13-25)19(26)24-8-7-22/h3-6,10-12,15H,1-2,7-9,13,22H2,(H,24,26). The highest BCUT2D eigenvalue weighted by molar-refractivity contribution is 6.30. The smallest absolute Gasteiger partial charge is 0.255 e. The number of piperidine rings is 1. The third kappa shape index (κ3) is 4.84. The van der Waals surface area contributed by atoms with Crippen molar-refractivity contribution < 1.29 is 9.59 Å². The van der Waals surface area contributed by atoms with Crippen LogP contribution in [0.1, 0.15) is 23.2 Å². The number of nitrogens with zero attached hydrogens (tertiary/aromatic N) is 2. The number of aromatic nitrogens is 1. The van der Waals surface area contributed by atoms with Gasteiger partial charge in [0, 0.05) is 49.2 Å². The Kier molecular flexibility index (Phi) is 6.42. The Bertz CT molecular complexity index is 810. The van der Waals surface area contributed by atoms with Gasteiger partial charge in [0.1, 0.15) is 0 Å². The van der Waals surface area contributed by atoms with Crippen molar-refractivity contribution in [3.63, 3.8) is 0 Å². The summed E-state index contributed by atoms with van der Waals surface area (Å²) in [6.45, 7) is 1.92. The van der Waals surface area contributed by atoms with Gasteiger partial charge in [0.2, 0.25) is 5.91 Å². The Morgan fingerprint density at radius 2 is 2.00 bits per heavy atom. The number of pyridine rings is 1. The van der Waals surface area contributed by atoms with E-state index in [2.05, 4.69) is 10.3 Å². The summed E-state index contributed by atoms with van der Waals surface area (Å²) in [5.41, 5.74) is 7.75. The molecular formula is C20H23ClN4O2. The van der Waals surface area contributed by atoms with Crippen LogP contribution in [0.4, 0.5) is 0 Å². The molecule has 1 unspecified atom stereocenters. The van der Waals surface area contributed by atoms with Gasteiger partial charge in [0.15, 0.2) is 0 Å². The van der Waals surface area contributed by atoms with Crippen molar-refractivity contribution in [3.8, 4) is 11.1 Å². The van der Waals surface area contributed by atoms with E-state index in [9.17, 15) is 9.59 Å². The van der Waals surface area contributed by atoms with Crippen LogP contribution in [-0.4, -0.2) is 47.9 Å². The molecule has 142 valence electrons. The Hall–Kier alpha value is -2.44. The molecule has 1 aliphatic rings. The molecule has 2 amide bonds. The Morgan fingerprint density at radius 3 is 2.74 bits per heavy atom. The Morgan fingerprint density at radius 1 is 1.22 bits per heavy atom. The summed E-state index contributed by atoms with van der Waals surface area (Å²) in [7, 11) is 0. The number of benzene rings is 1. The van der Waals surface area contributed by atoms with E-state index in [4.69, 9.17) is 17.3 Å². The lowest BCUT2D eigenvalue weighted by Crippen LogP contribution is -2.46. The molecule has 3 N–H and O–H groups in total. The number of rotatable bonds is 5. The summed E-state index contributed by atoms with van der Waals surface area (Å²) < 4.78 is 0. The first-order valence-corrected chi connectivity index (χ1v) is 9.44. The van der Waals surface area contributed by atoms with Gasteiger partial charge >= 0.3 is 0 Å². The van der Waals surface area contributed by atoms with E-state index in [1.807, 2.05) is 18.2 Å². The number of nitrogens with two attached hydrogens (primary N) is 1. The SMILES string of the molecule is NCCNC(=O)C1CCCN(C(=O)c2cncc(-c3ccc(Cl)cc3)c2)C1. The highest BCUT2D eigenvalue weighted by Gasteiger charge is 2.28. The second-order valence-corrected chi connectivity index (χ2v) is 7.08. The Balaban J connectivity index is 1.72. The van der Waals surface area contributed by atoms with Crippen molar-refractivity contribution >= 4 is 23.4 Å². The van der Waals surface area contributed by atoms with Crippen LogP contribution < -0.4 is 11.1 Å². The van der Waals surface area contributed by atoms with Gasteiger partial charge in [-0.25, -0.2) is 0 Å². The monoisotopic (exact) mass is 386 g/mol. The lowest BCUT2D eigenvalue weighted by atomic mass is 9.96. The van der Waals surface area contributed by atoms with E-state index in [0.717, 1.165) is 24.0 Å². The predicted octanol–water partition coefficient (Wildman–Crippen LogP) is 2.33. The summed E-state index contributed by atoms with van der Waals surface area (Å²) >= 11 is 5.94.